The summed E-state index contributed by atoms with van der Waals surface area (Å²) in [6.07, 6.45) is 6.50. The average molecular weight is 285 g/mol. The van der Waals surface area contributed by atoms with E-state index in [0.29, 0.717) is 17.8 Å². The maximum atomic E-state index is 13.4. The Hall–Kier alpha value is -2.83. The number of amides is 1. The molecule has 3 rings (SSSR count). The molecule has 0 aliphatic carbocycles. The molecule has 6 nitrogen and oxygen atoms in total. The lowest BCUT2D eigenvalue weighted by atomic mass is 10.1. The second-order valence-electron chi connectivity index (χ2n) is 4.54. The van der Waals surface area contributed by atoms with Crippen molar-refractivity contribution in [2.75, 3.05) is 5.32 Å². The number of pyridine rings is 2. The molecule has 106 valence electrons. The maximum absolute atomic E-state index is 13.4. The molecule has 0 radical (unpaired) electrons. The van der Waals surface area contributed by atoms with Gasteiger partial charge in [0, 0.05) is 29.8 Å². The van der Waals surface area contributed by atoms with Crippen molar-refractivity contribution < 1.29 is 9.18 Å². The van der Waals surface area contributed by atoms with Crippen LogP contribution in [0, 0.1) is 5.82 Å². The first-order valence-corrected chi connectivity index (χ1v) is 6.40. The molecule has 0 aliphatic rings. The number of H-pyrrole nitrogens is 1. The molecule has 0 unspecified atom stereocenters. The van der Waals surface area contributed by atoms with Crippen molar-refractivity contribution in [3.8, 4) is 0 Å². The van der Waals surface area contributed by atoms with E-state index in [2.05, 4.69) is 25.5 Å². The first-order valence-electron chi connectivity index (χ1n) is 6.40. The first-order chi connectivity index (χ1) is 10.2. The van der Waals surface area contributed by atoms with Gasteiger partial charge in [-0.05, 0) is 18.6 Å². The Bertz CT molecular complexity index is 786. The Kier molecular flexibility index (Phi) is 3.55. The van der Waals surface area contributed by atoms with E-state index in [0.717, 1.165) is 10.9 Å². The monoisotopic (exact) mass is 285 g/mol. The summed E-state index contributed by atoms with van der Waals surface area (Å²) in [6.45, 7) is 0. The minimum absolute atomic E-state index is 0.160. The molecule has 7 heteroatoms. The van der Waals surface area contributed by atoms with Gasteiger partial charge in [0.1, 0.15) is 11.6 Å². The molecule has 0 aliphatic heterocycles. The number of hydrogen-bond donors (Lipinski definition) is 2. The zero-order valence-corrected chi connectivity index (χ0v) is 11.0. The lowest BCUT2D eigenvalue weighted by molar-refractivity contribution is -0.116. The number of rotatable bonds is 4. The molecule has 2 N–H and O–H groups in total. The fourth-order valence-electron chi connectivity index (χ4n) is 1.96. The molecule has 0 aromatic carbocycles. The highest BCUT2D eigenvalue weighted by molar-refractivity contribution is 5.92. The number of nitrogens with one attached hydrogen (secondary N) is 2. The normalized spacial score (nSPS) is 10.7. The third-order valence-electron chi connectivity index (χ3n) is 3.06. The van der Waals surface area contributed by atoms with Gasteiger partial charge >= 0.3 is 0 Å². The molecular formula is C14H12FN5O. The molecule has 1 amide bonds. The van der Waals surface area contributed by atoms with Crippen LogP contribution >= 0.6 is 0 Å². The van der Waals surface area contributed by atoms with Crippen LogP contribution in [0.3, 0.4) is 0 Å². The van der Waals surface area contributed by atoms with E-state index in [1.165, 1.54) is 18.5 Å². The summed E-state index contributed by atoms with van der Waals surface area (Å²) in [7, 11) is 0. The SMILES string of the molecule is O=C(CCc1cnccc1F)Nc1cc2cn[nH]c2cn1. The van der Waals surface area contributed by atoms with Crippen LogP contribution in [0.5, 0.6) is 0 Å². The highest BCUT2D eigenvalue weighted by atomic mass is 19.1. The Morgan fingerprint density at radius 1 is 1.33 bits per heavy atom. The van der Waals surface area contributed by atoms with E-state index in [-0.39, 0.29) is 18.1 Å². The molecule has 21 heavy (non-hydrogen) atoms. The summed E-state index contributed by atoms with van der Waals surface area (Å²) in [4.78, 5) is 19.8. The van der Waals surface area contributed by atoms with Gasteiger partial charge in [0.2, 0.25) is 5.91 Å². The van der Waals surface area contributed by atoms with Crippen molar-refractivity contribution in [3.05, 3.63) is 48.3 Å². The van der Waals surface area contributed by atoms with E-state index in [1.54, 1.807) is 18.5 Å². The molecular weight excluding hydrogens is 273 g/mol. The van der Waals surface area contributed by atoms with Gasteiger partial charge in [0.15, 0.2) is 0 Å². The summed E-state index contributed by atoms with van der Waals surface area (Å²) in [5, 5.41) is 10.2. The number of aromatic amines is 1. The van der Waals surface area contributed by atoms with Crippen molar-refractivity contribution >= 4 is 22.6 Å². The number of nitrogens with zero attached hydrogens (tertiary/aromatic N) is 3. The van der Waals surface area contributed by atoms with Gasteiger partial charge in [-0.25, -0.2) is 9.37 Å². The number of aromatic nitrogens is 4. The van der Waals surface area contributed by atoms with Crippen LogP contribution in [0.1, 0.15) is 12.0 Å². The summed E-state index contributed by atoms with van der Waals surface area (Å²) in [5.74, 6) is -0.134. The van der Waals surface area contributed by atoms with Crippen molar-refractivity contribution in [1.82, 2.24) is 20.2 Å². The third kappa shape index (κ3) is 3.02. The van der Waals surface area contributed by atoms with Gasteiger partial charge in [0.25, 0.3) is 0 Å². The van der Waals surface area contributed by atoms with Crippen LogP contribution < -0.4 is 5.32 Å². The van der Waals surface area contributed by atoms with Crippen molar-refractivity contribution in [3.63, 3.8) is 0 Å². The van der Waals surface area contributed by atoms with Crippen LogP contribution in [-0.4, -0.2) is 26.1 Å². The maximum Gasteiger partial charge on any atom is 0.225 e. The third-order valence-corrected chi connectivity index (χ3v) is 3.06. The fraction of sp³-hybridized carbons (Fsp3) is 0.143. The Morgan fingerprint density at radius 3 is 3.10 bits per heavy atom. The summed E-state index contributed by atoms with van der Waals surface area (Å²) in [5.41, 5.74) is 1.22. The van der Waals surface area contributed by atoms with E-state index in [4.69, 9.17) is 0 Å². The summed E-state index contributed by atoms with van der Waals surface area (Å²) >= 11 is 0. The number of carbonyl (C=O) groups excluding carboxylic acids is 1. The van der Waals surface area contributed by atoms with Gasteiger partial charge in [-0.15, -0.1) is 0 Å². The molecule has 3 aromatic rings. The highest BCUT2D eigenvalue weighted by Crippen LogP contribution is 2.14. The predicted octanol–water partition coefficient (Wildman–Crippen LogP) is 2.06. The van der Waals surface area contributed by atoms with E-state index in [1.807, 2.05) is 0 Å². The molecule has 0 spiro atoms. The second-order valence-corrected chi connectivity index (χ2v) is 4.54. The smallest absolute Gasteiger partial charge is 0.225 e. The fourth-order valence-corrected chi connectivity index (χ4v) is 1.96. The standard InChI is InChI=1S/C14H12FN5O/c15-11-3-4-16-6-9(11)1-2-14(21)19-13-5-10-7-18-20-12(10)8-17-13/h3-8H,1-2H2,(H,18,20)(H,17,19,21). The topological polar surface area (TPSA) is 83.6 Å². The zero-order chi connectivity index (χ0) is 14.7. The van der Waals surface area contributed by atoms with Gasteiger partial charge < -0.3 is 5.32 Å². The predicted molar refractivity (Wildman–Crippen MR) is 75.0 cm³/mol. The molecule has 0 bridgehead atoms. The van der Waals surface area contributed by atoms with Gasteiger partial charge in [0.05, 0.1) is 17.9 Å². The van der Waals surface area contributed by atoms with Crippen molar-refractivity contribution in [1.29, 1.82) is 0 Å². The number of carbonyl (C=O) groups is 1. The molecule has 0 fully saturated rings. The van der Waals surface area contributed by atoms with Gasteiger partial charge in [-0.3, -0.25) is 14.9 Å². The van der Waals surface area contributed by atoms with Crippen LogP contribution in [0.25, 0.3) is 10.9 Å². The van der Waals surface area contributed by atoms with Crippen LogP contribution in [0.2, 0.25) is 0 Å². The number of fused-ring (bicyclic) bond motifs is 1. The Morgan fingerprint density at radius 2 is 2.24 bits per heavy atom. The Labute approximate surface area is 119 Å². The summed E-state index contributed by atoms with van der Waals surface area (Å²) in [6, 6.07) is 3.00. The number of halogens is 1. The molecule has 0 atom stereocenters. The van der Waals surface area contributed by atoms with Crippen LogP contribution in [0.15, 0.2) is 36.9 Å². The second kappa shape index (κ2) is 5.66. The van der Waals surface area contributed by atoms with E-state index in [9.17, 15) is 9.18 Å². The van der Waals surface area contributed by atoms with E-state index >= 15 is 0 Å². The molecule has 0 saturated carbocycles. The first kappa shape index (κ1) is 13.2. The van der Waals surface area contributed by atoms with Crippen molar-refractivity contribution in [2.24, 2.45) is 0 Å². The lowest BCUT2D eigenvalue weighted by Gasteiger charge is -2.05. The molecule has 3 heterocycles. The van der Waals surface area contributed by atoms with Gasteiger partial charge in [-0.2, -0.15) is 5.10 Å². The van der Waals surface area contributed by atoms with Gasteiger partial charge in [-0.1, -0.05) is 0 Å². The largest absolute Gasteiger partial charge is 0.311 e. The Balaban J connectivity index is 1.62. The lowest BCUT2D eigenvalue weighted by Crippen LogP contribution is -2.13. The minimum atomic E-state index is -0.351. The molecule has 3 aromatic heterocycles. The van der Waals surface area contributed by atoms with Crippen molar-refractivity contribution in [2.45, 2.75) is 12.8 Å². The summed E-state index contributed by atoms with van der Waals surface area (Å²) < 4.78 is 13.4. The quantitative estimate of drug-likeness (QED) is 0.768. The van der Waals surface area contributed by atoms with Crippen LogP contribution in [-0.2, 0) is 11.2 Å². The molecule has 0 saturated heterocycles. The van der Waals surface area contributed by atoms with Crippen LogP contribution in [0.4, 0.5) is 10.2 Å². The van der Waals surface area contributed by atoms with E-state index < -0.39 is 0 Å². The highest BCUT2D eigenvalue weighted by Gasteiger charge is 2.08. The average Bonchev–Trinajstić information content (AvgIpc) is 2.94. The number of anilines is 1. The minimum Gasteiger partial charge on any atom is -0.311 e. The zero-order valence-electron chi connectivity index (χ0n) is 11.0. The number of hydrogen-bond acceptors (Lipinski definition) is 4. The number of aryl methyl sites for hydroxylation is 1.